The van der Waals surface area contributed by atoms with Gasteiger partial charge in [-0.15, -0.1) is 0 Å². The van der Waals surface area contributed by atoms with E-state index in [2.05, 4.69) is 10.3 Å². The highest BCUT2D eigenvalue weighted by atomic mass is 32.1. The van der Waals surface area contributed by atoms with Crippen LogP contribution in [0, 0.1) is 10.1 Å². The van der Waals surface area contributed by atoms with E-state index in [1.165, 1.54) is 0 Å². The highest BCUT2D eigenvalue weighted by molar-refractivity contribution is 7.18. The number of allylic oxidation sites excluding steroid dienone is 2. The molecule has 1 aliphatic carbocycles. The Morgan fingerprint density at radius 2 is 2.32 bits per heavy atom. The average molecular weight is 281 g/mol. The van der Waals surface area contributed by atoms with Crippen molar-refractivity contribution in [1.29, 1.82) is 0 Å². The molecule has 8 heteroatoms. The molecule has 1 aliphatic rings. The number of hydrogen-bond acceptors (Lipinski definition) is 6. The van der Waals surface area contributed by atoms with E-state index < -0.39 is 10.8 Å². The number of rotatable bonds is 3. The standard InChI is InChI=1S/C11H11N3O4S/c1-6-2-3-7(8(15)4-6)10(16)13-11-12-5-9(19-11)14(17)18/h4-5,15H,2-3H2,1H3,(H,12,13,16). The SMILES string of the molecule is CC1=CC(O)=C(C(=O)Nc2ncc([N+](=O)[O-])s2)CC1. The molecule has 1 aromatic rings. The summed E-state index contributed by atoms with van der Waals surface area (Å²) >= 11 is 0.773. The molecule has 0 fully saturated rings. The maximum atomic E-state index is 11.9. The van der Waals surface area contributed by atoms with Gasteiger partial charge in [-0.25, -0.2) is 4.98 Å². The Kier molecular flexibility index (Phi) is 3.61. The lowest BCUT2D eigenvalue weighted by atomic mass is 9.97. The third-order valence-corrected chi connectivity index (χ3v) is 3.49. The Balaban J connectivity index is 2.13. The first kappa shape index (κ1) is 13.2. The molecule has 1 heterocycles. The lowest BCUT2D eigenvalue weighted by molar-refractivity contribution is -0.380. The number of nitro groups is 1. The Hall–Kier alpha value is -2.22. The molecule has 7 nitrogen and oxygen atoms in total. The Bertz CT molecular complexity index is 603. The minimum atomic E-state index is -0.573. The summed E-state index contributed by atoms with van der Waals surface area (Å²) in [5.41, 5.74) is 1.27. The maximum absolute atomic E-state index is 11.9. The van der Waals surface area contributed by atoms with Crippen LogP contribution in [-0.2, 0) is 4.79 Å². The number of carbonyl (C=O) groups excluding carboxylic acids is 1. The van der Waals surface area contributed by atoms with Crippen LogP contribution in [0.5, 0.6) is 0 Å². The molecule has 0 aromatic carbocycles. The third kappa shape index (κ3) is 2.97. The lowest BCUT2D eigenvalue weighted by Gasteiger charge is -2.13. The topological polar surface area (TPSA) is 105 Å². The summed E-state index contributed by atoms with van der Waals surface area (Å²) in [5.74, 6) is -0.544. The van der Waals surface area contributed by atoms with Gasteiger partial charge in [0.05, 0.1) is 10.5 Å². The van der Waals surface area contributed by atoms with Crippen molar-refractivity contribution in [3.05, 3.63) is 39.3 Å². The molecule has 2 rings (SSSR count). The highest BCUT2D eigenvalue weighted by Crippen LogP contribution is 2.27. The molecule has 0 atom stereocenters. The van der Waals surface area contributed by atoms with E-state index in [0.29, 0.717) is 12.8 Å². The van der Waals surface area contributed by atoms with Gasteiger partial charge in [0.25, 0.3) is 5.91 Å². The van der Waals surface area contributed by atoms with E-state index in [9.17, 15) is 20.0 Å². The summed E-state index contributed by atoms with van der Waals surface area (Å²) in [6, 6.07) is 0. The van der Waals surface area contributed by atoms with Gasteiger partial charge in [-0.1, -0.05) is 5.57 Å². The van der Waals surface area contributed by atoms with Crippen molar-refractivity contribution >= 4 is 27.4 Å². The zero-order valence-corrected chi connectivity index (χ0v) is 10.9. The summed E-state index contributed by atoms with van der Waals surface area (Å²) in [6.07, 6.45) is 3.76. The van der Waals surface area contributed by atoms with E-state index in [1.807, 2.05) is 6.92 Å². The van der Waals surface area contributed by atoms with Crippen molar-refractivity contribution < 1.29 is 14.8 Å². The third-order valence-electron chi connectivity index (χ3n) is 2.63. The fraction of sp³-hybridized carbons (Fsp3) is 0.273. The van der Waals surface area contributed by atoms with Crippen LogP contribution in [-0.4, -0.2) is 20.9 Å². The second-order valence-corrected chi connectivity index (χ2v) is 5.08. The highest BCUT2D eigenvalue weighted by Gasteiger charge is 2.20. The van der Waals surface area contributed by atoms with Gasteiger partial charge in [0, 0.05) is 0 Å². The largest absolute Gasteiger partial charge is 0.507 e. The van der Waals surface area contributed by atoms with Gasteiger partial charge in [0.1, 0.15) is 12.0 Å². The number of carbonyl (C=O) groups is 1. The van der Waals surface area contributed by atoms with Crippen molar-refractivity contribution in [1.82, 2.24) is 4.98 Å². The summed E-state index contributed by atoms with van der Waals surface area (Å²) in [4.78, 5) is 25.6. The smallest absolute Gasteiger partial charge is 0.345 e. The zero-order chi connectivity index (χ0) is 14.0. The first-order valence-electron chi connectivity index (χ1n) is 5.48. The molecule has 1 aromatic heterocycles. The minimum Gasteiger partial charge on any atom is -0.507 e. The number of nitrogens with one attached hydrogen (secondary N) is 1. The number of thiazole rings is 1. The molecule has 0 unspecified atom stereocenters. The van der Waals surface area contributed by atoms with Crippen LogP contribution in [0.1, 0.15) is 19.8 Å². The van der Waals surface area contributed by atoms with Crippen LogP contribution in [0.3, 0.4) is 0 Å². The van der Waals surface area contributed by atoms with Crippen LogP contribution < -0.4 is 5.32 Å². The molecular formula is C11H11N3O4S. The van der Waals surface area contributed by atoms with Gasteiger partial charge in [-0.2, -0.15) is 0 Å². The van der Waals surface area contributed by atoms with Gasteiger partial charge in [0.15, 0.2) is 5.13 Å². The monoisotopic (exact) mass is 281 g/mol. The molecule has 0 bridgehead atoms. The van der Waals surface area contributed by atoms with Crippen LogP contribution in [0.4, 0.5) is 10.1 Å². The van der Waals surface area contributed by atoms with E-state index in [1.54, 1.807) is 6.08 Å². The molecule has 0 radical (unpaired) electrons. The molecule has 0 spiro atoms. The number of anilines is 1. The van der Waals surface area contributed by atoms with Crippen LogP contribution in [0.15, 0.2) is 29.2 Å². The van der Waals surface area contributed by atoms with Crippen molar-refractivity contribution in [2.45, 2.75) is 19.8 Å². The molecule has 19 heavy (non-hydrogen) atoms. The Labute approximate surface area is 112 Å². The van der Waals surface area contributed by atoms with Crippen LogP contribution in [0.2, 0.25) is 0 Å². The summed E-state index contributed by atoms with van der Waals surface area (Å²) in [7, 11) is 0. The van der Waals surface area contributed by atoms with Gasteiger partial charge in [-0.3, -0.25) is 20.2 Å². The summed E-state index contributed by atoms with van der Waals surface area (Å²) in [5, 5.41) is 22.6. The second-order valence-electron chi connectivity index (χ2n) is 4.07. The van der Waals surface area contributed by atoms with E-state index >= 15 is 0 Å². The van der Waals surface area contributed by atoms with E-state index in [4.69, 9.17) is 0 Å². The van der Waals surface area contributed by atoms with Crippen molar-refractivity contribution in [2.75, 3.05) is 5.32 Å². The van der Waals surface area contributed by atoms with Crippen molar-refractivity contribution in [2.24, 2.45) is 0 Å². The second kappa shape index (κ2) is 5.19. The quantitative estimate of drug-likeness (QED) is 0.654. The van der Waals surface area contributed by atoms with Crippen LogP contribution >= 0.6 is 11.3 Å². The number of nitrogens with zero attached hydrogens (tertiary/aromatic N) is 2. The van der Waals surface area contributed by atoms with Crippen molar-refractivity contribution in [3.8, 4) is 0 Å². The molecular weight excluding hydrogens is 270 g/mol. The molecule has 0 saturated heterocycles. The first-order chi connectivity index (χ1) is 8.97. The number of amides is 1. The fourth-order valence-corrected chi connectivity index (χ4v) is 2.28. The van der Waals surface area contributed by atoms with Gasteiger partial charge < -0.3 is 5.11 Å². The fourth-order valence-electron chi connectivity index (χ4n) is 1.65. The number of hydrogen-bond donors (Lipinski definition) is 2. The summed E-state index contributed by atoms with van der Waals surface area (Å²) < 4.78 is 0. The number of aliphatic hydroxyl groups excluding tert-OH is 1. The van der Waals surface area contributed by atoms with Gasteiger partial charge >= 0.3 is 5.00 Å². The molecule has 0 aliphatic heterocycles. The normalized spacial score (nSPS) is 15.1. The maximum Gasteiger partial charge on any atom is 0.345 e. The predicted molar refractivity (Wildman–Crippen MR) is 70.0 cm³/mol. The van der Waals surface area contributed by atoms with Crippen molar-refractivity contribution in [3.63, 3.8) is 0 Å². The Morgan fingerprint density at radius 1 is 1.58 bits per heavy atom. The molecule has 2 N–H and O–H groups in total. The minimum absolute atomic E-state index is 0.0627. The summed E-state index contributed by atoms with van der Waals surface area (Å²) in [6.45, 7) is 1.87. The van der Waals surface area contributed by atoms with E-state index in [-0.39, 0.29) is 21.5 Å². The predicted octanol–water partition coefficient (Wildman–Crippen LogP) is 2.54. The molecule has 0 saturated carbocycles. The lowest BCUT2D eigenvalue weighted by Crippen LogP contribution is -2.17. The van der Waals surface area contributed by atoms with Gasteiger partial charge in [0.2, 0.25) is 0 Å². The number of aromatic nitrogens is 1. The number of aliphatic hydroxyl groups is 1. The first-order valence-corrected chi connectivity index (χ1v) is 6.30. The Morgan fingerprint density at radius 3 is 2.89 bits per heavy atom. The van der Waals surface area contributed by atoms with E-state index in [0.717, 1.165) is 23.1 Å². The molecule has 1 amide bonds. The zero-order valence-electron chi connectivity index (χ0n) is 10.0. The van der Waals surface area contributed by atoms with Gasteiger partial charge in [-0.05, 0) is 37.2 Å². The molecule has 100 valence electrons. The average Bonchev–Trinajstić information content (AvgIpc) is 2.77. The van der Waals surface area contributed by atoms with Crippen LogP contribution in [0.25, 0.3) is 0 Å².